The number of pyridine rings is 1. The van der Waals surface area contributed by atoms with Crippen molar-refractivity contribution in [3.63, 3.8) is 0 Å². The van der Waals surface area contributed by atoms with E-state index in [-0.39, 0.29) is 10.5 Å². The molecule has 0 fully saturated rings. The molecule has 1 amide bonds. The molecule has 0 radical (unpaired) electrons. The molecule has 0 saturated carbocycles. The zero-order valence-electron chi connectivity index (χ0n) is 15.9. The van der Waals surface area contributed by atoms with Crippen LogP contribution in [-0.2, 0) is 10.0 Å². The van der Waals surface area contributed by atoms with E-state index in [0.717, 1.165) is 11.1 Å². The molecule has 3 rings (SSSR count). The van der Waals surface area contributed by atoms with Crippen LogP contribution in [0, 0.1) is 20.8 Å². The van der Waals surface area contributed by atoms with E-state index in [2.05, 4.69) is 15.0 Å². The van der Waals surface area contributed by atoms with Gasteiger partial charge in [0.1, 0.15) is 5.82 Å². The van der Waals surface area contributed by atoms with E-state index in [1.165, 1.54) is 12.1 Å². The van der Waals surface area contributed by atoms with Crippen LogP contribution in [0.2, 0.25) is 0 Å². The minimum atomic E-state index is -3.83. The highest BCUT2D eigenvalue weighted by Gasteiger charge is 2.18. The fourth-order valence-corrected chi connectivity index (χ4v) is 3.74. The lowest BCUT2D eigenvalue weighted by Crippen LogP contribution is -2.17. The second kappa shape index (κ2) is 7.82. The summed E-state index contributed by atoms with van der Waals surface area (Å²) < 4.78 is 28.0. The zero-order chi connectivity index (χ0) is 20.3. The number of amides is 1. The molecule has 28 heavy (non-hydrogen) atoms. The monoisotopic (exact) mass is 395 g/mol. The first kappa shape index (κ1) is 19.6. The van der Waals surface area contributed by atoms with Gasteiger partial charge in [-0.05, 0) is 67.8 Å². The molecular formula is C21H21N3O3S. The maximum atomic E-state index is 12.7. The summed E-state index contributed by atoms with van der Waals surface area (Å²) in [5.41, 5.74) is 3.32. The van der Waals surface area contributed by atoms with Gasteiger partial charge >= 0.3 is 0 Å². The first-order valence-electron chi connectivity index (χ1n) is 8.69. The number of hydrogen-bond donors (Lipinski definition) is 2. The van der Waals surface area contributed by atoms with Crippen LogP contribution >= 0.6 is 0 Å². The van der Waals surface area contributed by atoms with E-state index >= 15 is 0 Å². The summed E-state index contributed by atoms with van der Waals surface area (Å²) in [7, 11) is -3.83. The number of aryl methyl sites for hydroxylation is 3. The smallest absolute Gasteiger partial charge is 0.261 e. The first-order chi connectivity index (χ1) is 13.2. The molecule has 6 nitrogen and oxygen atoms in total. The topological polar surface area (TPSA) is 88.2 Å². The summed E-state index contributed by atoms with van der Waals surface area (Å²) in [6.45, 7) is 5.53. The Morgan fingerprint density at radius 3 is 2.39 bits per heavy atom. The van der Waals surface area contributed by atoms with Gasteiger partial charge < -0.3 is 5.32 Å². The Kier molecular flexibility index (Phi) is 5.46. The normalized spacial score (nSPS) is 11.1. The highest BCUT2D eigenvalue weighted by atomic mass is 32.2. The second-order valence-electron chi connectivity index (χ2n) is 6.63. The van der Waals surface area contributed by atoms with Gasteiger partial charge in [-0.3, -0.25) is 9.52 Å². The van der Waals surface area contributed by atoms with Gasteiger partial charge in [-0.25, -0.2) is 13.4 Å². The molecule has 1 aromatic heterocycles. The summed E-state index contributed by atoms with van der Waals surface area (Å²) in [6.07, 6.45) is 1.65. The number of carbonyl (C=O) groups excluding carboxylic acids is 1. The zero-order valence-corrected chi connectivity index (χ0v) is 16.7. The van der Waals surface area contributed by atoms with Crippen molar-refractivity contribution in [3.8, 4) is 0 Å². The van der Waals surface area contributed by atoms with Crippen LogP contribution in [0.3, 0.4) is 0 Å². The molecule has 0 bridgehead atoms. The maximum Gasteiger partial charge on any atom is 0.261 e. The predicted octanol–water partition coefficient (Wildman–Crippen LogP) is 4.06. The van der Waals surface area contributed by atoms with E-state index in [4.69, 9.17) is 0 Å². The summed E-state index contributed by atoms with van der Waals surface area (Å²) in [6, 6.07) is 15.1. The van der Waals surface area contributed by atoms with Gasteiger partial charge in [-0.15, -0.1) is 0 Å². The summed E-state index contributed by atoms with van der Waals surface area (Å²) in [5.74, 6) is -0.0115. The van der Waals surface area contributed by atoms with Crippen LogP contribution in [0.5, 0.6) is 0 Å². The highest BCUT2D eigenvalue weighted by molar-refractivity contribution is 7.92. The molecule has 1 heterocycles. The Hall–Kier alpha value is -3.19. The van der Waals surface area contributed by atoms with Gasteiger partial charge in [0.2, 0.25) is 0 Å². The molecule has 0 aliphatic rings. The van der Waals surface area contributed by atoms with Gasteiger partial charge in [0, 0.05) is 17.4 Å². The minimum absolute atomic E-state index is 0.0154. The summed E-state index contributed by atoms with van der Waals surface area (Å²) >= 11 is 0. The largest absolute Gasteiger partial charge is 0.307 e. The maximum absolute atomic E-state index is 12.7. The van der Waals surface area contributed by atoms with E-state index in [0.29, 0.717) is 17.1 Å². The molecule has 0 atom stereocenters. The van der Waals surface area contributed by atoms with Crippen LogP contribution in [0.1, 0.15) is 27.0 Å². The third-order valence-electron chi connectivity index (χ3n) is 4.19. The molecule has 0 unspecified atom stereocenters. The number of rotatable bonds is 5. The van der Waals surface area contributed by atoms with Crippen LogP contribution in [-0.4, -0.2) is 19.3 Å². The third-order valence-corrected chi connectivity index (χ3v) is 5.57. The van der Waals surface area contributed by atoms with Crippen LogP contribution in [0.15, 0.2) is 65.7 Å². The van der Waals surface area contributed by atoms with Crippen LogP contribution in [0.25, 0.3) is 0 Å². The molecule has 0 saturated heterocycles. The van der Waals surface area contributed by atoms with Crippen molar-refractivity contribution in [1.29, 1.82) is 0 Å². The van der Waals surface area contributed by atoms with Gasteiger partial charge in [0.05, 0.1) is 4.90 Å². The average Bonchev–Trinajstić information content (AvgIpc) is 2.63. The van der Waals surface area contributed by atoms with Gasteiger partial charge in [-0.2, -0.15) is 0 Å². The first-order valence-corrected chi connectivity index (χ1v) is 10.2. The number of nitrogens with zero attached hydrogens (tertiary/aromatic N) is 1. The van der Waals surface area contributed by atoms with Crippen molar-refractivity contribution in [3.05, 3.63) is 83.0 Å². The number of sulfonamides is 1. The number of hydrogen-bond acceptors (Lipinski definition) is 4. The summed E-state index contributed by atoms with van der Waals surface area (Å²) in [4.78, 5) is 16.8. The Balaban J connectivity index is 1.87. The van der Waals surface area contributed by atoms with Gasteiger partial charge in [-0.1, -0.05) is 24.3 Å². The number of carbonyl (C=O) groups is 1. The van der Waals surface area contributed by atoms with Crippen molar-refractivity contribution in [2.24, 2.45) is 0 Å². The molecule has 0 aliphatic carbocycles. The molecule has 7 heteroatoms. The molecule has 3 aromatic rings. The lowest BCUT2D eigenvalue weighted by molar-refractivity contribution is 0.102. The molecule has 144 valence electrons. The van der Waals surface area contributed by atoms with E-state index in [1.807, 2.05) is 26.0 Å². The highest BCUT2D eigenvalue weighted by Crippen LogP contribution is 2.21. The molecular weight excluding hydrogens is 374 g/mol. The van der Waals surface area contributed by atoms with Crippen molar-refractivity contribution in [1.82, 2.24) is 4.98 Å². The second-order valence-corrected chi connectivity index (χ2v) is 8.31. The molecule has 2 aromatic carbocycles. The number of benzene rings is 2. The molecule has 0 spiro atoms. The summed E-state index contributed by atoms with van der Waals surface area (Å²) in [5, 5.41) is 2.70. The Morgan fingerprint density at radius 2 is 1.71 bits per heavy atom. The van der Waals surface area contributed by atoms with Gasteiger partial charge in [0.15, 0.2) is 0 Å². The van der Waals surface area contributed by atoms with E-state index < -0.39 is 15.9 Å². The number of anilines is 2. The predicted molar refractivity (Wildman–Crippen MR) is 110 cm³/mol. The van der Waals surface area contributed by atoms with Crippen molar-refractivity contribution in [2.45, 2.75) is 25.7 Å². The van der Waals surface area contributed by atoms with E-state index in [9.17, 15) is 13.2 Å². The van der Waals surface area contributed by atoms with Crippen molar-refractivity contribution < 1.29 is 13.2 Å². The number of nitrogens with one attached hydrogen (secondary N) is 2. The third kappa shape index (κ3) is 4.55. The van der Waals surface area contributed by atoms with E-state index in [1.54, 1.807) is 43.5 Å². The quantitative estimate of drug-likeness (QED) is 0.682. The van der Waals surface area contributed by atoms with Crippen LogP contribution in [0.4, 0.5) is 11.5 Å². The van der Waals surface area contributed by atoms with Crippen LogP contribution < -0.4 is 10.0 Å². The SMILES string of the molecule is Cc1ccc(NC(=O)c2cc(S(=O)(=O)Nc3cccc(C)c3)ccc2C)nc1. The van der Waals surface area contributed by atoms with Crippen molar-refractivity contribution in [2.75, 3.05) is 10.0 Å². The minimum Gasteiger partial charge on any atom is -0.307 e. The van der Waals surface area contributed by atoms with Gasteiger partial charge in [0.25, 0.3) is 15.9 Å². The standard InChI is InChI=1S/C21H21N3O3S/c1-14-5-4-6-17(11-14)24-28(26,27)18-9-8-16(3)19(12-18)21(25)23-20-10-7-15(2)13-22-20/h4-13,24H,1-3H3,(H,22,23,25). The fraction of sp³-hybridized carbons (Fsp3) is 0.143. The number of aromatic nitrogens is 1. The Morgan fingerprint density at radius 1 is 0.929 bits per heavy atom. The fourth-order valence-electron chi connectivity index (χ4n) is 2.66. The Bertz CT molecular complexity index is 1120. The molecule has 0 aliphatic heterocycles. The van der Waals surface area contributed by atoms with Crippen molar-refractivity contribution >= 4 is 27.4 Å². The average molecular weight is 395 g/mol. The molecule has 2 N–H and O–H groups in total. The lowest BCUT2D eigenvalue weighted by Gasteiger charge is -2.12. The lowest BCUT2D eigenvalue weighted by atomic mass is 10.1. The Labute approximate surface area is 164 Å².